The molecule has 0 aromatic rings. The molecule has 0 saturated carbocycles. The molecule has 0 heterocycles. The van der Waals surface area contributed by atoms with Gasteiger partial charge in [0, 0.05) is 6.54 Å². The van der Waals surface area contributed by atoms with Crippen LogP contribution in [0.2, 0.25) is 0 Å². The topological polar surface area (TPSA) is 67.4 Å². The molecule has 0 aliphatic heterocycles. The first-order valence-corrected chi connectivity index (χ1v) is 5.68. The van der Waals surface area contributed by atoms with Crippen LogP contribution in [-0.2, 0) is 9.53 Å². The zero-order chi connectivity index (χ0) is 12.6. The molecular weight excluding hydrogens is 208 g/mol. The highest BCUT2D eigenvalue weighted by atomic mass is 16.5. The lowest BCUT2D eigenvalue weighted by Gasteiger charge is -2.21. The van der Waals surface area contributed by atoms with Crippen LogP contribution in [0.1, 0.15) is 33.6 Å². The number of esters is 1. The quantitative estimate of drug-likeness (QED) is 0.675. The van der Waals surface area contributed by atoms with Gasteiger partial charge in [-0.3, -0.25) is 0 Å². The molecule has 0 aliphatic rings. The maximum absolute atomic E-state index is 11.5. The summed E-state index contributed by atoms with van der Waals surface area (Å²) < 4.78 is 4.66. The van der Waals surface area contributed by atoms with Crippen LogP contribution in [0.25, 0.3) is 0 Å². The molecule has 0 aromatic heterocycles. The van der Waals surface area contributed by atoms with E-state index < -0.39 is 12.0 Å². The van der Waals surface area contributed by atoms with Gasteiger partial charge in [0.2, 0.25) is 0 Å². The second-order valence-electron chi connectivity index (χ2n) is 3.79. The van der Waals surface area contributed by atoms with Crippen LogP contribution in [0.5, 0.6) is 0 Å². The lowest BCUT2D eigenvalue weighted by molar-refractivity contribution is -0.144. The average molecular weight is 230 g/mol. The summed E-state index contributed by atoms with van der Waals surface area (Å²) in [5.74, 6) is -0.346. The summed E-state index contributed by atoms with van der Waals surface area (Å²) in [5, 5.41) is 5.29. The number of urea groups is 1. The minimum Gasteiger partial charge on any atom is -0.467 e. The highest BCUT2D eigenvalue weighted by molar-refractivity contribution is 5.83. The van der Waals surface area contributed by atoms with Gasteiger partial charge in [0.25, 0.3) is 0 Å². The van der Waals surface area contributed by atoms with E-state index in [1.54, 1.807) is 0 Å². The Morgan fingerprint density at radius 3 is 2.38 bits per heavy atom. The Labute approximate surface area is 96.9 Å². The lowest BCUT2D eigenvalue weighted by atomic mass is 9.99. The Kier molecular flexibility index (Phi) is 7.33. The van der Waals surface area contributed by atoms with Gasteiger partial charge >= 0.3 is 12.0 Å². The van der Waals surface area contributed by atoms with Gasteiger partial charge in [-0.2, -0.15) is 0 Å². The third-order valence-corrected chi connectivity index (χ3v) is 2.49. The minimum atomic E-state index is -0.577. The van der Waals surface area contributed by atoms with Gasteiger partial charge in [-0.15, -0.1) is 0 Å². The molecule has 0 radical (unpaired) electrons. The highest BCUT2D eigenvalue weighted by Crippen LogP contribution is 2.08. The van der Waals surface area contributed by atoms with Crippen LogP contribution in [0.4, 0.5) is 4.79 Å². The fourth-order valence-corrected chi connectivity index (χ4v) is 1.23. The normalized spacial score (nSPS) is 13.8. The molecule has 0 rings (SSSR count). The number of methoxy groups -OCH3 is 1. The van der Waals surface area contributed by atoms with Crippen LogP contribution in [0.3, 0.4) is 0 Å². The van der Waals surface area contributed by atoms with Crippen molar-refractivity contribution in [1.82, 2.24) is 10.6 Å². The van der Waals surface area contributed by atoms with Gasteiger partial charge < -0.3 is 15.4 Å². The summed E-state index contributed by atoms with van der Waals surface area (Å²) in [4.78, 5) is 22.9. The van der Waals surface area contributed by atoms with Crippen molar-refractivity contribution in [2.45, 2.75) is 39.7 Å². The van der Waals surface area contributed by atoms with Gasteiger partial charge in [-0.1, -0.05) is 27.2 Å². The largest absolute Gasteiger partial charge is 0.467 e. The predicted octanol–water partition coefficient (Wildman–Crippen LogP) is 1.28. The van der Waals surface area contributed by atoms with E-state index in [1.807, 2.05) is 20.8 Å². The second-order valence-corrected chi connectivity index (χ2v) is 3.79. The van der Waals surface area contributed by atoms with Crippen molar-refractivity contribution < 1.29 is 14.3 Å². The maximum atomic E-state index is 11.5. The number of amides is 2. The van der Waals surface area contributed by atoms with E-state index in [-0.39, 0.29) is 11.9 Å². The van der Waals surface area contributed by atoms with Gasteiger partial charge in [0.15, 0.2) is 0 Å². The number of carbonyl (C=O) groups excluding carboxylic acids is 2. The number of hydrogen-bond donors (Lipinski definition) is 2. The zero-order valence-electron chi connectivity index (χ0n) is 10.5. The molecule has 0 unspecified atom stereocenters. The fourth-order valence-electron chi connectivity index (χ4n) is 1.23. The van der Waals surface area contributed by atoms with Crippen LogP contribution < -0.4 is 10.6 Å². The van der Waals surface area contributed by atoms with Gasteiger partial charge in [0.1, 0.15) is 6.04 Å². The first kappa shape index (κ1) is 14.7. The monoisotopic (exact) mass is 230 g/mol. The molecule has 0 fully saturated rings. The Morgan fingerprint density at radius 2 is 1.94 bits per heavy atom. The molecule has 0 saturated heterocycles. The zero-order valence-corrected chi connectivity index (χ0v) is 10.5. The van der Waals surface area contributed by atoms with Gasteiger partial charge in [-0.05, 0) is 12.3 Å². The van der Waals surface area contributed by atoms with E-state index >= 15 is 0 Å². The van der Waals surface area contributed by atoms with E-state index in [2.05, 4.69) is 15.4 Å². The molecule has 16 heavy (non-hydrogen) atoms. The van der Waals surface area contributed by atoms with E-state index in [0.717, 1.165) is 12.8 Å². The molecule has 2 amide bonds. The number of ether oxygens (including phenoxy) is 1. The summed E-state index contributed by atoms with van der Waals surface area (Å²) >= 11 is 0. The summed E-state index contributed by atoms with van der Waals surface area (Å²) in [6, 6.07) is -0.899. The SMILES string of the molecule is CCCNC(=O)N[C@H](C(=O)OC)[C@H](C)CC. The Morgan fingerprint density at radius 1 is 1.31 bits per heavy atom. The first-order chi connectivity index (χ1) is 7.56. The van der Waals surface area contributed by atoms with Crippen LogP contribution in [-0.4, -0.2) is 31.7 Å². The molecule has 5 nitrogen and oxygen atoms in total. The standard InChI is InChI=1S/C11H22N2O3/c1-5-7-12-11(15)13-9(8(3)6-2)10(14)16-4/h8-9H,5-7H2,1-4H3,(H2,12,13,15)/t8-,9+/m1/s1. The van der Waals surface area contributed by atoms with E-state index in [4.69, 9.17) is 0 Å². The van der Waals surface area contributed by atoms with Crippen molar-refractivity contribution in [2.24, 2.45) is 5.92 Å². The van der Waals surface area contributed by atoms with Crippen LogP contribution in [0, 0.1) is 5.92 Å². The van der Waals surface area contributed by atoms with Crippen molar-refractivity contribution in [2.75, 3.05) is 13.7 Å². The summed E-state index contributed by atoms with van der Waals surface area (Å²) in [6.07, 6.45) is 1.66. The average Bonchev–Trinajstić information content (AvgIpc) is 2.31. The lowest BCUT2D eigenvalue weighted by Crippen LogP contribution is -2.49. The molecule has 2 atom stereocenters. The number of carbonyl (C=O) groups is 2. The van der Waals surface area contributed by atoms with Crippen LogP contribution in [0.15, 0.2) is 0 Å². The second kappa shape index (κ2) is 7.96. The van der Waals surface area contributed by atoms with Crippen molar-refractivity contribution >= 4 is 12.0 Å². The van der Waals surface area contributed by atoms with Gasteiger partial charge in [-0.25, -0.2) is 9.59 Å². The maximum Gasteiger partial charge on any atom is 0.328 e. The molecule has 2 N–H and O–H groups in total. The smallest absolute Gasteiger partial charge is 0.328 e. The van der Waals surface area contributed by atoms with E-state index in [9.17, 15) is 9.59 Å². The number of hydrogen-bond acceptors (Lipinski definition) is 3. The minimum absolute atomic E-state index is 0.0554. The molecule has 0 bridgehead atoms. The first-order valence-electron chi connectivity index (χ1n) is 5.68. The van der Waals surface area contributed by atoms with Crippen molar-refractivity contribution in [1.29, 1.82) is 0 Å². The summed E-state index contributed by atoms with van der Waals surface area (Å²) in [7, 11) is 1.32. The summed E-state index contributed by atoms with van der Waals surface area (Å²) in [6.45, 7) is 6.43. The molecular formula is C11H22N2O3. The van der Waals surface area contributed by atoms with E-state index in [0.29, 0.717) is 6.54 Å². The van der Waals surface area contributed by atoms with E-state index in [1.165, 1.54) is 7.11 Å². The van der Waals surface area contributed by atoms with Crippen LogP contribution >= 0.6 is 0 Å². The molecule has 0 spiro atoms. The number of rotatable bonds is 6. The third kappa shape index (κ3) is 5.00. The van der Waals surface area contributed by atoms with Crippen molar-refractivity contribution in [3.05, 3.63) is 0 Å². The predicted molar refractivity (Wildman–Crippen MR) is 62.1 cm³/mol. The summed E-state index contributed by atoms with van der Waals surface area (Å²) in [5.41, 5.74) is 0. The Bertz CT molecular complexity index is 231. The highest BCUT2D eigenvalue weighted by Gasteiger charge is 2.26. The molecule has 0 aromatic carbocycles. The van der Waals surface area contributed by atoms with Crippen molar-refractivity contribution in [3.63, 3.8) is 0 Å². The Hall–Kier alpha value is -1.26. The number of nitrogens with one attached hydrogen (secondary N) is 2. The fraction of sp³-hybridized carbons (Fsp3) is 0.818. The van der Waals surface area contributed by atoms with Crippen molar-refractivity contribution in [3.8, 4) is 0 Å². The molecule has 0 aliphatic carbocycles. The molecule has 5 heteroatoms. The Balaban J connectivity index is 4.31. The van der Waals surface area contributed by atoms with Gasteiger partial charge in [0.05, 0.1) is 7.11 Å². The molecule has 94 valence electrons. The third-order valence-electron chi connectivity index (χ3n) is 2.49.